The Morgan fingerprint density at radius 2 is 2.00 bits per heavy atom. The summed E-state index contributed by atoms with van der Waals surface area (Å²) in [6.45, 7) is 4.17. The molecule has 0 spiro atoms. The fourth-order valence-corrected chi connectivity index (χ4v) is 4.79. The second-order valence-electron chi connectivity index (χ2n) is 8.61. The number of aromatic nitrogens is 4. The Hall–Kier alpha value is -3.18. The van der Waals surface area contributed by atoms with E-state index in [0.717, 1.165) is 17.8 Å². The van der Waals surface area contributed by atoms with Crippen molar-refractivity contribution in [1.82, 2.24) is 24.5 Å². The van der Waals surface area contributed by atoms with E-state index in [1.807, 2.05) is 37.4 Å². The van der Waals surface area contributed by atoms with Crippen LogP contribution < -0.4 is 9.64 Å². The quantitative estimate of drug-likeness (QED) is 0.459. The summed E-state index contributed by atoms with van der Waals surface area (Å²) in [5.74, 6) is 0.966. The van der Waals surface area contributed by atoms with Gasteiger partial charge in [-0.05, 0) is 31.2 Å². The Bertz CT molecular complexity index is 1250. The van der Waals surface area contributed by atoms with Gasteiger partial charge in [0.05, 0.1) is 13.2 Å². The van der Waals surface area contributed by atoms with E-state index in [1.54, 1.807) is 20.4 Å². The zero-order valence-electron chi connectivity index (χ0n) is 19.8. The van der Waals surface area contributed by atoms with Crippen LogP contribution in [0.15, 0.2) is 35.5 Å². The van der Waals surface area contributed by atoms with Gasteiger partial charge in [-0.1, -0.05) is 30.0 Å². The number of aryl methyl sites for hydroxylation is 1. The molecule has 1 fully saturated rings. The molecule has 184 valence electrons. The number of anilines is 1. The summed E-state index contributed by atoms with van der Waals surface area (Å²) in [5.41, 5.74) is 2.92. The highest BCUT2D eigenvalue weighted by molar-refractivity contribution is 7.98. The molecule has 11 heteroatoms. The molecule has 2 amide bonds. The summed E-state index contributed by atoms with van der Waals surface area (Å²) >= 11 is 1.44. The second-order valence-corrected chi connectivity index (χ2v) is 9.39. The summed E-state index contributed by atoms with van der Waals surface area (Å²) in [6, 6.07) is 9.75. The van der Waals surface area contributed by atoms with Crippen LogP contribution in [0.2, 0.25) is 0 Å². The van der Waals surface area contributed by atoms with Crippen LogP contribution in [0.3, 0.4) is 0 Å². The minimum absolute atomic E-state index is 0.00837. The lowest BCUT2D eigenvalue weighted by molar-refractivity contribution is -0.141. The molecule has 2 aromatic heterocycles. The van der Waals surface area contributed by atoms with Gasteiger partial charge in [0.25, 0.3) is 5.78 Å². The Balaban J connectivity index is 1.15. The molecule has 0 aliphatic carbocycles. The molecule has 2 aliphatic heterocycles. The maximum atomic E-state index is 12.9. The number of fused-ring (bicyclic) bond motifs is 2. The molecule has 1 aromatic carbocycles. The normalized spacial score (nSPS) is 17.6. The fraction of sp³-hybridized carbons (Fsp3) is 0.458. The Kier molecular flexibility index (Phi) is 6.87. The van der Waals surface area contributed by atoms with Gasteiger partial charge < -0.3 is 19.3 Å². The van der Waals surface area contributed by atoms with Gasteiger partial charge in [0.15, 0.2) is 0 Å². The molecule has 0 bridgehead atoms. The lowest BCUT2D eigenvalue weighted by Crippen LogP contribution is -2.47. The van der Waals surface area contributed by atoms with Crippen LogP contribution in [0, 0.1) is 6.92 Å². The average molecular weight is 497 g/mol. The molecular formula is C24H28N6O4S. The van der Waals surface area contributed by atoms with Crippen molar-refractivity contribution in [2.45, 2.75) is 37.4 Å². The standard InChI is InChI=1S/C24H28N6O4S/c1-16-13-22(30-23(25-16)26-24(27-30)35-2)34-15-18-14-28(11-12-33-18)20(31)7-8-21(32)29-10-9-17-5-3-4-6-19(17)29/h3-6,13,18H,7-12,14-15H2,1-2H3. The number of para-hydroxylation sites is 1. The van der Waals surface area contributed by atoms with Crippen molar-refractivity contribution in [3.05, 3.63) is 41.6 Å². The minimum Gasteiger partial charge on any atom is -0.475 e. The number of rotatable bonds is 7. The number of carbonyl (C=O) groups excluding carboxylic acids is 2. The average Bonchev–Trinajstić information content (AvgIpc) is 3.50. The summed E-state index contributed by atoms with van der Waals surface area (Å²) in [6.07, 6.45) is 2.87. The van der Waals surface area contributed by atoms with E-state index in [4.69, 9.17) is 9.47 Å². The summed E-state index contributed by atoms with van der Waals surface area (Å²) in [7, 11) is 0. The predicted molar refractivity (Wildman–Crippen MR) is 131 cm³/mol. The predicted octanol–water partition coefficient (Wildman–Crippen LogP) is 2.13. The van der Waals surface area contributed by atoms with Crippen molar-refractivity contribution in [3.63, 3.8) is 0 Å². The third kappa shape index (κ3) is 5.10. The van der Waals surface area contributed by atoms with Crippen LogP contribution >= 0.6 is 11.8 Å². The van der Waals surface area contributed by atoms with Crippen LogP contribution in [0.25, 0.3) is 5.78 Å². The third-order valence-electron chi connectivity index (χ3n) is 6.22. The molecule has 1 saturated heterocycles. The summed E-state index contributed by atoms with van der Waals surface area (Å²) < 4.78 is 13.4. The first-order chi connectivity index (χ1) is 17.0. The van der Waals surface area contributed by atoms with E-state index >= 15 is 0 Å². The maximum absolute atomic E-state index is 12.9. The molecule has 10 nitrogen and oxygen atoms in total. The lowest BCUT2D eigenvalue weighted by atomic mass is 10.2. The number of nitrogens with zero attached hydrogens (tertiary/aromatic N) is 6. The van der Waals surface area contributed by atoms with E-state index in [0.29, 0.717) is 43.1 Å². The molecule has 0 saturated carbocycles. The van der Waals surface area contributed by atoms with E-state index in [9.17, 15) is 9.59 Å². The molecular weight excluding hydrogens is 468 g/mol. The molecule has 2 aliphatic rings. The number of benzene rings is 1. The zero-order chi connectivity index (χ0) is 24.4. The number of carbonyl (C=O) groups is 2. The lowest BCUT2D eigenvalue weighted by Gasteiger charge is -2.33. The Morgan fingerprint density at radius 1 is 1.17 bits per heavy atom. The van der Waals surface area contributed by atoms with Crippen LogP contribution in [0.5, 0.6) is 5.88 Å². The highest BCUT2D eigenvalue weighted by atomic mass is 32.2. The monoisotopic (exact) mass is 496 g/mol. The number of thioether (sulfide) groups is 1. The van der Waals surface area contributed by atoms with Gasteiger partial charge in [-0.15, -0.1) is 5.10 Å². The smallest absolute Gasteiger partial charge is 0.256 e. The molecule has 0 N–H and O–H groups in total. The van der Waals surface area contributed by atoms with Gasteiger partial charge in [0.1, 0.15) is 12.7 Å². The van der Waals surface area contributed by atoms with Crippen molar-refractivity contribution in [2.75, 3.05) is 44.0 Å². The van der Waals surface area contributed by atoms with E-state index in [1.165, 1.54) is 17.3 Å². The highest BCUT2D eigenvalue weighted by Gasteiger charge is 2.28. The largest absolute Gasteiger partial charge is 0.475 e. The Labute approximate surface area is 207 Å². The number of hydrogen-bond donors (Lipinski definition) is 0. The molecule has 0 radical (unpaired) electrons. The van der Waals surface area contributed by atoms with Crippen molar-refractivity contribution in [1.29, 1.82) is 0 Å². The minimum atomic E-state index is -0.277. The summed E-state index contributed by atoms with van der Waals surface area (Å²) in [4.78, 5) is 37.9. The molecule has 3 aromatic rings. The number of amides is 2. The first-order valence-corrected chi connectivity index (χ1v) is 12.9. The van der Waals surface area contributed by atoms with Gasteiger partial charge in [-0.25, -0.2) is 4.98 Å². The van der Waals surface area contributed by atoms with Crippen molar-refractivity contribution in [2.24, 2.45) is 0 Å². The molecule has 5 rings (SSSR count). The first kappa shape index (κ1) is 23.6. The van der Waals surface area contributed by atoms with Gasteiger partial charge in [-0.3, -0.25) is 9.59 Å². The van der Waals surface area contributed by atoms with Crippen LogP contribution in [-0.2, 0) is 20.7 Å². The van der Waals surface area contributed by atoms with E-state index in [2.05, 4.69) is 15.1 Å². The third-order valence-corrected chi connectivity index (χ3v) is 6.76. The van der Waals surface area contributed by atoms with Gasteiger partial charge in [0.2, 0.25) is 22.9 Å². The van der Waals surface area contributed by atoms with Gasteiger partial charge in [-0.2, -0.15) is 9.50 Å². The number of ether oxygens (including phenoxy) is 2. The van der Waals surface area contributed by atoms with E-state index < -0.39 is 0 Å². The van der Waals surface area contributed by atoms with Crippen molar-refractivity contribution < 1.29 is 19.1 Å². The highest BCUT2D eigenvalue weighted by Crippen LogP contribution is 2.28. The molecule has 1 unspecified atom stereocenters. The van der Waals surface area contributed by atoms with E-state index in [-0.39, 0.29) is 37.4 Å². The topological polar surface area (TPSA) is 102 Å². The molecule has 4 heterocycles. The van der Waals surface area contributed by atoms with Crippen molar-refractivity contribution >= 4 is 35.0 Å². The maximum Gasteiger partial charge on any atom is 0.256 e. The van der Waals surface area contributed by atoms with Crippen LogP contribution in [-0.4, -0.2) is 81.5 Å². The molecule has 35 heavy (non-hydrogen) atoms. The second kappa shape index (κ2) is 10.2. The number of hydrogen-bond acceptors (Lipinski definition) is 8. The van der Waals surface area contributed by atoms with Crippen molar-refractivity contribution in [3.8, 4) is 5.88 Å². The SMILES string of the molecule is CSc1nc2nc(C)cc(OCC3CN(C(=O)CCC(=O)N4CCc5ccccc54)CCO3)n2n1. The zero-order valence-corrected chi connectivity index (χ0v) is 20.7. The first-order valence-electron chi connectivity index (χ1n) is 11.7. The van der Waals surface area contributed by atoms with Gasteiger partial charge in [0, 0.05) is 43.4 Å². The fourth-order valence-electron chi connectivity index (χ4n) is 4.45. The van der Waals surface area contributed by atoms with Crippen LogP contribution in [0.4, 0.5) is 5.69 Å². The summed E-state index contributed by atoms with van der Waals surface area (Å²) in [5, 5.41) is 5.02. The number of morpholine rings is 1. The molecule has 1 atom stereocenters. The Morgan fingerprint density at radius 3 is 2.86 bits per heavy atom. The van der Waals surface area contributed by atoms with Crippen LogP contribution in [0.1, 0.15) is 24.1 Å². The van der Waals surface area contributed by atoms with Gasteiger partial charge >= 0.3 is 0 Å².